The van der Waals surface area contributed by atoms with Crippen molar-refractivity contribution in [1.82, 2.24) is 9.97 Å². The Labute approximate surface area is 193 Å². The zero-order valence-corrected chi connectivity index (χ0v) is 19.6. The first-order valence-electron chi connectivity index (χ1n) is 10.3. The molecule has 3 aromatic rings. The van der Waals surface area contributed by atoms with Gasteiger partial charge >= 0.3 is 0 Å². The number of sulfonamides is 1. The molecule has 174 valence electrons. The molecule has 1 atom stereocenters. The summed E-state index contributed by atoms with van der Waals surface area (Å²) in [4.78, 5) is 20.7. The lowest BCUT2D eigenvalue weighted by Crippen LogP contribution is -2.30. The number of aromatic nitrogens is 2. The first-order valence-corrected chi connectivity index (χ1v) is 11.8. The summed E-state index contributed by atoms with van der Waals surface area (Å²) in [5, 5.41) is 2.71. The molecule has 1 heterocycles. The van der Waals surface area contributed by atoms with E-state index in [1.165, 1.54) is 24.3 Å². The van der Waals surface area contributed by atoms with E-state index in [1.807, 2.05) is 6.92 Å². The molecule has 0 spiro atoms. The molecule has 2 aromatic carbocycles. The molecule has 0 bridgehead atoms. The van der Waals surface area contributed by atoms with Crippen LogP contribution in [0.15, 0.2) is 59.5 Å². The Morgan fingerprint density at radius 3 is 2.12 bits per heavy atom. The van der Waals surface area contributed by atoms with Crippen LogP contribution in [-0.2, 0) is 14.8 Å². The van der Waals surface area contributed by atoms with Crippen LogP contribution in [0.4, 0.5) is 11.6 Å². The van der Waals surface area contributed by atoms with E-state index in [0.29, 0.717) is 29.4 Å². The van der Waals surface area contributed by atoms with Crippen molar-refractivity contribution in [2.24, 2.45) is 0 Å². The number of amides is 1. The fourth-order valence-electron chi connectivity index (χ4n) is 2.95. The molecular formula is C23H26N4O5S. The number of ether oxygens (including phenoxy) is 2. The van der Waals surface area contributed by atoms with Crippen molar-refractivity contribution in [3.63, 3.8) is 0 Å². The number of aryl methyl sites for hydroxylation is 2. The molecule has 0 fully saturated rings. The standard InChI is InChI=1S/C23H26N4O5S/c1-5-31-19-8-10-20(11-9-19)32-17(4)22(28)26-18-6-12-21(13-7-18)33(29,30)27-23-24-15(2)14-16(3)25-23/h6-14,17H,5H2,1-4H3,(H,26,28)(H,24,25,27). The maximum Gasteiger partial charge on any atom is 0.265 e. The van der Waals surface area contributed by atoms with Gasteiger partial charge in [0.2, 0.25) is 5.95 Å². The summed E-state index contributed by atoms with van der Waals surface area (Å²) in [7, 11) is -3.88. The molecule has 0 radical (unpaired) electrons. The zero-order chi connectivity index (χ0) is 24.0. The first kappa shape index (κ1) is 24.0. The van der Waals surface area contributed by atoms with Gasteiger partial charge in [-0.3, -0.25) is 4.79 Å². The number of rotatable bonds is 9. The Morgan fingerprint density at radius 1 is 0.970 bits per heavy atom. The van der Waals surface area contributed by atoms with E-state index in [9.17, 15) is 13.2 Å². The number of hydrogen-bond acceptors (Lipinski definition) is 7. The summed E-state index contributed by atoms with van der Waals surface area (Å²) >= 11 is 0. The fraction of sp³-hybridized carbons (Fsp3) is 0.261. The lowest BCUT2D eigenvalue weighted by Gasteiger charge is -2.15. The van der Waals surface area contributed by atoms with E-state index in [4.69, 9.17) is 9.47 Å². The van der Waals surface area contributed by atoms with Gasteiger partial charge in [0.1, 0.15) is 11.5 Å². The molecule has 1 aromatic heterocycles. The summed E-state index contributed by atoms with van der Waals surface area (Å²) < 4.78 is 38.7. The topological polar surface area (TPSA) is 120 Å². The predicted octanol–water partition coefficient (Wildman–Crippen LogP) is 3.70. The maximum atomic E-state index is 12.6. The number of carbonyl (C=O) groups excluding carboxylic acids is 1. The molecule has 3 rings (SSSR count). The largest absolute Gasteiger partial charge is 0.494 e. The van der Waals surface area contributed by atoms with Crippen LogP contribution < -0.4 is 19.5 Å². The number of carbonyl (C=O) groups is 1. The zero-order valence-electron chi connectivity index (χ0n) is 18.8. The minimum Gasteiger partial charge on any atom is -0.494 e. The molecule has 0 saturated heterocycles. The van der Waals surface area contributed by atoms with Gasteiger partial charge in [-0.05, 0) is 82.3 Å². The van der Waals surface area contributed by atoms with Crippen LogP contribution >= 0.6 is 0 Å². The second-order valence-corrected chi connectivity index (χ2v) is 8.94. The van der Waals surface area contributed by atoms with Crippen molar-refractivity contribution in [3.8, 4) is 11.5 Å². The van der Waals surface area contributed by atoms with E-state index in [0.717, 1.165) is 5.75 Å². The number of nitrogens with zero attached hydrogens (tertiary/aromatic N) is 2. The highest BCUT2D eigenvalue weighted by atomic mass is 32.2. The number of anilines is 2. The molecule has 2 N–H and O–H groups in total. The van der Waals surface area contributed by atoms with Gasteiger partial charge in [0.05, 0.1) is 11.5 Å². The summed E-state index contributed by atoms with van der Waals surface area (Å²) in [5.74, 6) is 0.879. The van der Waals surface area contributed by atoms with Crippen molar-refractivity contribution in [2.75, 3.05) is 16.6 Å². The molecule has 0 aliphatic carbocycles. The van der Waals surface area contributed by atoms with Gasteiger partial charge < -0.3 is 14.8 Å². The van der Waals surface area contributed by atoms with E-state index in [1.54, 1.807) is 51.1 Å². The van der Waals surface area contributed by atoms with Crippen molar-refractivity contribution >= 4 is 27.6 Å². The Balaban J connectivity index is 1.61. The average Bonchev–Trinajstić information content (AvgIpc) is 2.74. The van der Waals surface area contributed by atoms with Crippen LogP contribution in [0.2, 0.25) is 0 Å². The minimum atomic E-state index is -3.88. The summed E-state index contributed by atoms with van der Waals surface area (Å²) in [5.41, 5.74) is 1.74. The van der Waals surface area contributed by atoms with Gasteiger partial charge in [-0.15, -0.1) is 0 Å². The smallest absolute Gasteiger partial charge is 0.265 e. The second kappa shape index (κ2) is 10.3. The molecule has 33 heavy (non-hydrogen) atoms. The molecule has 0 aliphatic heterocycles. The molecule has 0 saturated carbocycles. The van der Waals surface area contributed by atoms with Gasteiger partial charge in [-0.2, -0.15) is 0 Å². The maximum absolute atomic E-state index is 12.6. The van der Waals surface area contributed by atoms with E-state index in [-0.39, 0.29) is 16.8 Å². The highest BCUT2D eigenvalue weighted by molar-refractivity contribution is 7.92. The Bertz CT molecular complexity index is 1190. The molecule has 1 amide bonds. The van der Waals surface area contributed by atoms with Crippen LogP contribution in [0, 0.1) is 13.8 Å². The monoisotopic (exact) mass is 470 g/mol. The Morgan fingerprint density at radius 2 is 1.55 bits per heavy atom. The highest BCUT2D eigenvalue weighted by Gasteiger charge is 2.18. The fourth-order valence-corrected chi connectivity index (χ4v) is 3.89. The third-order valence-electron chi connectivity index (χ3n) is 4.46. The normalized spacial score (nSPS) is 12.0. The van der Waals surface area contributed by atoms with Crippen LogP contribution in [0.3, 0.4) is 0 Å². The van der Waals surface area contributed by atoms with Crippen LogP contribution in [-0.4, -0.2) is 37.0 Å². The van der Waals surface area contributed by atoms with Crippen molar-refractivity contribution in [3.05, 3.63) is 66.0 Å². The highest BCUT2D eigenvalue weighted by Crippen LogP contribution is 2.20. The Hall–Kier alpha value is -3.66. The average molecular weight is 471 g/mol. The van der Waals surface area contributed by atoms with E-state index in [2.05, 4.69) is 20.0 Å². The summed E-state index contributed by atoms with van der Waals surface area (Å²) in [6, 6.07) is 14.5. The second-order valence-electron chi connectivity index (χ2n) is 7.26. The van der Waals surface area contributed by atoms with E-state index < -0.39 is 16.1 Å². The third-order valence-corrected chi connectivity index (χ3v) is 5.80. The summed E-state index contributed by atoms with van der Waals surface area (Å²) in [6.07, 6.45) is -0.769. The van der Waals surface area contributed by atoms with Gasteiger partial charge in [-0.25, -0.2) is 23.1 Å². The van der Waals surface area contributed by atoms with Gasteiger partial charge in [0, 0.05) is 17.1 Å². The van der Waals surface area contributed by atoms with Crippen molar-refractivity contribution in [2.45, 2.75) is 38.7 Å². The Kier molecular flexibility index (Phi) is 7.49. The lowest BCUT2D eigenvalue weighted by atomic mass is 10.3. The molecule has 0 aliphatic rings. The molecule has 9 nitrogen and oxygen atoms in total. The van der Waals surface area contributed by atoms with E-state index >= 15 is 0 Å². The number of nitrogens with one attached hydrogen (secondary N) is 2. The lowest BCUT2D eigenvalue weighted by molar-refractivity contribution is -0.122. The van der Waals surface area contributed by atoms with Crippen LogP contribution in [0.5, 0.6) is 11.5 Å². The van der Waals surface area contributed by atoms with Crippen molar-refractivity contribution < 1.29 is 22.7 Å². The quantitative estimate of drug-likeness (QED) is 0.489. The third kappa shape index (κ3) is 6.66. The first-order chi connectivity index (χ1) is 15.7. The number of benzene rings is 2. The van der Waals surface area contributed by atoms with Crippen LogP contribution in [0.25, 0.3) is 0 Å². The van der Waals surface area contributed by atoms with Gasteiger partial charge in [0.15, 0.2) is 6.10 Å². The molecule has 10 heteroatoms. The van der Waals surface area contributed by atoms with Gasteiger partial charge in [-0.1, -0.05) is 0 Å². The van der Waals surface area contributed by atoms with Crippen LogP contribution in [0.1, 0.15) is 25.2 Å². The number of hydrogen-bond donors (Lipinski definition) is 2. The van der Waals surface area contributed by atoms with Gasteiger partial charge in [0.25, 0.3) is 15.9 Å². The SMILES string of the molecule is CCOc1ccc(OC(C)C(=O)Nc2ccc(S(=O)(=O)Nc3nc(C)cc(C)n3)cc2)cc1. The predicted molar refractivity (Wildman–Crippen MR) is 125 cm³/mol. The molecular weight excluding hydrogens is 444 g/mol. The summed E-state index contributed by atoms with van der Waals surface area (Å²) in [6.45, 7) is 7.59. The van der Waals surface area contributed by atoms with Crippen molar-refractivity contribution in [1.29, 1.82) is 0 Å². The minimum absolute atomic E-state index is 0.00476. The molecule has 1 unspecified atom stereocenters.